The van der Waals surface area contributed by atoms with E-state index in [1.165, 1.54) is 0 Å². The molecule has 2 N–H and O–H groups in total. The monoisotopic (exact) mass is 278 g/mol. The molecule has 2 unspecified atom stereocenters. The van der Waals surface area contributed by atoms with Crippen LogP contribution < -0.4 is 5.32 Å². The van der Waals surface area contributed by atoms with Crippen molar-refractivity contribution in [3.8, 4) is 6.07 Å². The largest absolute Gasteiger partial charge is 0.481 e. The molecule has 1 fully saturated rings. The van der Waals surface area contributed by atoms with E-state index in [0.717, 1.165) is 19.3 Å². The minimum Gasteiger partial charge on any atom is -0.481 e. The molecule has 19 heavy (non-hydrogen) atoms. The Hall–Kier alpha value is -1.73. The van der Waals surface area contributed by atoms with Crippen LogP contribution in [0.4, 0.5) is 5.69 Å². The maximum absolute atomic E-state index is 11.2. The topological polar surface area (TPSA) is 73.1 Å². The molecule has 1 aromatic rings. The lowest BCUT2D eigenvalue weighted by Gasteiger charge is -2.30. The molecule has 1 aliphatic rings. The molecular weight excluding hydrogens is 264 g/mol. The predicted octanol–water partition coefficient (Wildman–Crippen LogP) is 3.27. The van der Waals surface area contributed by atoms with E-state index in [0.29, 0.717) is 22.7 Å². The highest BCUT2D eigenvalue weighted by atomic mass is 35.5. The highest BCUT2D eigenvalue weighted by Gasteiger charge is 2.31. The number of nitrogens with one attached hydrogen (secondary N) is 1. The van der Waals surface area contributed by atoms with Crippen molar-refractivity contribution < 1.29 is 9.90 Å². The van der Waals surface area contributed by atoms with Gasteiger partial charge in [0.05, 0.1) is 17.2 Å². The van der Waals surface area contributed by atoms with E-state index >= 15 is 0 Å². The van der Waals surface area contributed by atoms with Crippen LogP contribution in [-0.4, -0.2) is 17.1 Å². The Morgan fingerprint density at radius 1 is 1.42 bits per heavy atom. The molecule has 2 rings (SSSR count). The number of carboxylic acid groups (broad SMARTS) is 1. The first kappa shape index (κ1) is 13.7. The number of hydrogen-bond donors (Lipinski definition) is 2. The van der Waals surface area contributed by atoms with E-state index in [-0.39, 0.29) is 6.04 Å². The lowest BCUT2D eigenvalue weighted by molar-refractivity contribution is -0.143. The molecule has 1 aromatic carbocycles. The van der Waals surface area contributed by atoms with Gasteiger partial charge in [0.25, 0.3) is 0 Å². The Labute approximate surface area is 117 Å². The second-order valence-electron chi connectivity index (χ2n) is 4.78. The third kappa shape index (κ3) is 3.18. The van der Waals surface area contributed by atoms with Crippen molar-refractivity contribution in [1.29, 1.82) is 5.26 Å². The minimum absolute atomic E-state index is 0.125. The maximum Gasteiger partial charge on any atom is 0.308 e. The molecule has 5 heteroatoms. The van der Waals surface area contributed by atoms with Gasteiger partial charge in [-0.1, -0.05) is 24.4 Å². The van der Waals surface area contributed by atoms with E-state index in [9.17, 15) is 9.90 Å². The van der Waals surface area contributed by atoms with E-state index in [4.69, 9.17) is 16.9 Å². The van der Waals surface area contributed by atoms with Crippen molar-refractivity contribution in [2.75, 3.05) is 5.32 Å². The van der Waals surface area contributed by atoms with Crippen LogP contribution in [0.3, 0.4) is 0 Å². The summed E-state index contributed by atoms with van der Waals surface area (Å²) in [5.74, 6) is -1.17. The molecule has 1 saturated carbocycles. The van der Waals surface area contributed by atoms with E-state index in [1.807, 2.05) is 0 Å². The molecule has 0 bridgehead atoms. The molecule has 2 atom stereocenters. The summed E-state index contributed by atoms with van der Waals surface area (Å²) in [6.45, 7) is 0. The molecule has 100 valence electrons. The van der Waals surface area contributed by atoms with Crippen molar-refractivity contribution >= 4 is 23.3 Å². The normalized spacial score (nSPS) is 22.5. The standard InChI is InChI=1S/C14H15ClN2O2/c15-10-5-6-12(9(7-10)8-16)17-13-4-2-1-3-11(13)14(18)19/h5-7,11,13,17H,1-4H2,(H,18,19). The van der Waals surface area contributed by atoms with Gasteiger partial charge in [-0.25, -0.2) is 0 Å². The van der Waals surface area contributed by atoms with Gasteiger partial charge in [-0.2, -0.15) is 5.26 Å². The molecule has 0 aliphatic heterocycles. The van der Waals surface area contributed by atoms with Gasteiger partial charge in [0.2, 0.25) is 0 Å². The van der Waals surface area contributed by atoms with Gasteiger partial charge in [0, 0.05) is 11.1 Å². The van der Waals surface area contributed by atoms with Crippen molar-refractivity contribution in [2.45, 2.75) is 31.7 Å². The van der Waals surface area contributed by atoms with Crippen molar-refractivity contribution in [3.63, 3.8) is 0 Å². The second kappa shape index (κ2) is 5.94. The first-order chi connectivity index (χ1) is 9.11. The Balaban J connectivity index is 2.20. The van der Waals surface area contributed by atoms with Gasteiger partial charge < -0.3 is 10.4 Å². The summed E-state index contributed by atoms with van der Waals surface area (Å²) in [6.07, 6.45) is 3.45. The third-order valence-corrected chi connectivity index (χ3v) is 3.76. The van der Waals surface area contributed by atoms with Crippen LogP contribution in [0.15, 0.2) is 18.2 Å². The summed E-state index contributed by atoms with van der Waals surface area (Å²) in [4.78, 5) is 11.2. The van der Waals surface area contributed by atoms with Crippen molar-refractivity contribution in [2.24, 2.45) is 5.92 Å². The fourth-order valence-corrected chi connectivity index (χ4v) is 2.71. The van der Waals surface area contributed by atoms with Gasteiger partial charge >= 0.3 is 5.97 Å². The number of benzene rings is 1. The van der Waals surface area contributed by atoms with E-state index in [1.54, 1.807) is 18.2 Å². The zero-order valence-electron chi connectivity index (χ0n) is 10.4. The van der Waals surface area contributed by atoms with Crippen molar-refractivity contribution in [1.82, 2.24) is 0 Å². The third-order valence-electron chi connectivity index (χ3n) is 3.53. The molecule has 0 amide bonds. The summed E-state index contributed by atoms with van der Waals surface area (Å²) in [5.41, 5.74) is 1.10. The van der Waals surface area contributed by atoms with Gasteiger partial charge in [0.15, 0.2) is 0 Å². The van der Waals surface area contributed by atoms with E-state index in [2.05, 4.69) is 11.4 Å². The fraction of sp³-hybridized carbons (Fsp3) is 0.429. The second-order valence-corrected chi connectivity index (χ2v) is 5.22. The summed E-state index contributed by atoms with van der Waals surface area (Å²) in [5, 5.41) is 22.0. The molecule has 0 heterocycles. The summed E-state index contributed by atoms with van der Waals surface area (Å²) < 4.78 is 0. The number of aliphatic carboxylic acids is 1. The quantitative estimate of drug-likeness (QED) is 0.890. The zero-order chi connectivity index (χ0) is 13.8. The molecule has 0 saturated heterocycles. The van der Waals surface area contributed by atoms with Crippen LogP contribution in [-0.2, 0) is 4.79 Å². The summed E-state index contributed by atoms with van der Waals surface area (Å²) in [7, 11) is 0. The number of anilines is 1. The number of halogens is 1. The predicted molar refractivity (Wildman–Crippen MR) is 73.2 cm³/mol. The van der Waals surface area contributed by atoms with Crippen LogP contribution in [0.25, 0.3) is 0 Å². The summed E-state index contributed by atoms with van der Waals surface area (Å²) >= 11 is 5.84. The number of hydrogen-bond acceptors (Lipinski definition) is 3. The van der Waals surface area contributed by atoms with Gasteiger partial charge in [-0.15, -0.1) is 0 Å². The molecule has 1 aliphatic carbocycles. The summed E-state index contributed by atoms with van der Waals surface area (Å²) in [6, 6.07) is 6.96. The smallest absolute Gasteiger partial charge is 0.308 e. The number of carbonyl (C=O) groups is 1. The first-order valence-corrected chi connectivity index (χ1v) is 6.68. The Bertz CT molecular complexity index is 525. The lowest BCUT2D eigenvalue weighted by Crippen LogP contribution is -2.37. The fourth-order valence-electron chi connectivity index (χ4n) is 2.53. The Morgan fingerprint density at radius 3 is 2.84 bits per heavy atom. The Kier molecular flexibility index (Phi) is 4.28. The van der Waals surface area contributed by atoms with Crippen molar-refractivity contribution in [3.05, 3.63) is 28.8 Å². The number of carboxylic acids is 1. The SMILES string of the molecule is N#Cc1cc(Cl)ccc1NC1CCCCC1C(=O)O. The minimum atomic E-state index is -0.773. The average molecular weight is 279 g/mol. The highest BCUT2D eigenvalue weighted by molar-refractivity contribution is 6.30. The molecule has 0 radical (unpaired) electrons. The van der Waals surface area contributed by atoms with Crippen LogP contribution in [0.2, 0.25) is 5.02 Å². The van der Waals surface area contributed by atoms with Gasteiger partial charge in [-0.3, -0.25) is 4.79 Å². The van der Waals surface area contributed by atoms with Crippen LogP contribution >= 0.6 is 11.6 Å². The molecular formula is C14H15ClN2O2. The number of nitriles is 1. The maximum atomic E-state index is 11.2. The van der Waals surface area contributed by atoms with Crippen LogP contribution in [0.1, 0.15) is 31.2 Å². The first-order valence-electron chi connectivity index (χ1n) is 6.31. The Morgan fingerprint density at radius 2 is 2.16 bits per heavy atom. The molecule has 0 aromatic heterocycles. The van der Waals surface area contributed by atoms with E-state index < -0.39 is 11.9 Å². The van der Waals surface area contributed by atoms with Crippen LogP contribution in [0, 0.1) is 17.2 Å². The van der Waals surface area contributed by atoms with Gasteiger partial charge in [0.1, 0.15) is 6.07 Å². The van der Waals surface area contributed by atoms with Crippen LogP contribution in [0.5, 0.6) is 0 Å². The average Bonchev–Trinajstić information content (AvgIpc) is 2.41. The zero-order valence-corrected chi connectivity index (χ0v) is 11.2. The lowest BCUT2D eigenvalue weighted by atomic mass is 9.84. The number of nitrogens with zero attached hydrogens (tertiary/aromatic N) is 1. The highest BCUT2D eigenvalue weighted by Crippen LogP contribution is 2.29. The number of rotatable bonds is 3. The van der Waals surface area contributed by atoms with Gasteiger partial charge in [-0.05, 0) is 31.0 Å². The molecule has 4 nitrogen and oxygen atoms in total. The molecule has 0 spiro atoms.